The van der Waals surface area contributed by atoms with Crippen molar-refractivity contribution >= 4 is 27.3 Å². The van der Waals surface area contributed by atoms with Crippen molar-refractivity contribution in [2.75, 3.05) is 39.4 Å². The number of amides is 1. The molecule has 3 heterocycles. The summed E-state index contributed by atoms with van der Waals surface area (Å²) in [5, 5.41) is 0.327. The number of sulfonamides is 1. The predicted octanol–water partition coefficient (Wildman–Crippen LogP) is 1.03. The maximum atomic E-state index is 12.8. The lowest BCUT2D eigenvalue weighted by Gasteiger charge is -2.36. The number of aryl methyl sites for hydroxylation is 2. The average Bonchev–Trinajstić information content (AvgIpc) is 2.93. The molecule has 9 heteroatoms. The minimum atomic E-state index is -3.39. The Morgan fingerprint density at radius 3 is 2.58 bits per heavy atom. The number of thiazole rings is 1. The Labute approximate surface area is 146 Å². The monoisotopic (exact) mass is 373 g/mol. The van der Waals surface area contributed by atoms with Gasteiger partial charge in [0.05, 0.1) is 29.2 Å². The van der Waals surface area contributed by atoms with E-state index < -0.39 is 15.3 Å². The summed E-state index contributed by atoms with van der Waals surface area (Å²) in [6.45, 7) is 6.24. The van der Waals surface area contributed by atoms with Crippen LogP contribution in [0.2, 0.25) is 0 Å². The molecule has 0 spiro atoms. The molecule has 0 aliphatic carbocycles. The molecule has 0 aromatic carbocycles. The van der Waals surface area contributed by atoms with Gasteiger partial charge in [-0.3, -0.25) is 4.79 Å². The van der Waals surface area contributed by atoms with Crippen LogP contribution in [0.25, 0.3) is 0 Å². The van der Waals surface area contributed by atoms with Crippen molar-refractivity contribution in [3.63, 3.8) is 0 Å². The second-order valence-electron chi connectivity index (χ2n) is 6.22. The van der Waals surface area contributed by atoms with Gasteiger partial charge in [0.25, 0.3) is 5.91 Å². The van der Waals surface area contributed by atoms with Crippen molar-refractivity contribution in [3.05, 3.63) is 15.6 Å². The second kappa shape index (κ2) is 7.07. The summed E-state index contributed by atoms with van der Waals surface area (Å²) >= 11 is 1.37. The van der Waals surface area contributed by atoms with Gasteiger partial charge in [0, 0.05) is 26.2 Å². The number of aromatic nitrogens is 1. The van der Waals surface area contributed by atoms with E-state index in [0.29, 0.717) is 50.6 Å². The van der Waals surface area contributed by atoms with Crippen LogP contribution in [0.4, 0.5) is 0 Å². The Morgan fingerprint density at radius 2 is 1.96 bits per heavy atom. The van der Waals surface area contributed by atoms with E-state index in [0.717, 1.165) is 10.7 Å². The van der Waals surface area contributed by atoms with Gasteiger partial charge in [-0.25, -0.2) is 13.4 Å². The van der Waals surface area contributed by atoms with E-state index in [4.69, 9.17) is 4.74 Å². The third-order valence-corrected chi connectivity index (χ3v) is 7.89. The van der Waals surface area contributed by atoms with E-state index in [1.54, 1.807) is 4.90 Å². The second-order valence-corrected chi connectivity index (χ2v) is 9.64. The molecule has 1 aromatic rings. The van der Waals surface area contributed by atoms with Gasteiger partial charge in [0.2, 0.25) is 10.0 Å². The number of nitrogens with zero attached hydrogens (tertiary/aromatic N) is 3. The number of likely N-dealkylation sites (tertiary alicyclic amines) is 1. The zero-order chi connectivity index (χ0) is 17.3. The zero-order valence-electron chi connectivity index (χ0n) is 14.0. The molecule has 2 aliphatic heterocycles. The fourth-order valence-corrected chi connectivity index (χ4v) is 6.05. The Kier molecular flexibility index (Phi) is 5.24. The minimum absolute atomic E-state index is 0.0972. The number of rotatable bonds is 3. The summed E-state index contributed by atoms with van der Waals surface area (Å²) in [4.78, 5) is 19.3. The maximum absolute atomic E-state index is 12.8. The molecule has 3 rings (SSSR count). The highest BCUT2D eigenvalue weighted by molar-refractivity contribution is 7.89. The Hall–Kier alpha value is -1.03. The Morgan fingerprint density at radius 1 is 1.25 bits per heavy atom. The SMILES string of the molecule is Cc1nc(C)c(C(=O)N2CCC[C@H](S(=O)(=O)N3CCOCC3)C2)s1. The lowest BCUT2D eigenvalue weighted by Crippen LogP contribution is -2.51. The largest absolute Gasteiger partial charge is 0.379 e. The number of morpholine rings is 1. The quantitative estimate of drug-likeness (QED) is 0.790. The summed E-state index contributed by atoms with van der Waals surface area (Å²) in [6, 6.07) is 0. The standard InChI is InChI=1S/C15H23N3O4S2/c1-11-14(23-12(2)16-11)15(19)17-5-3-4-13(10-17)24(20,21)18-6-8-22-9-7-18/h13H,3-10H2,1-2H3/t13-/m0/s1. The molecule has 0 bridgehead atoms. The van der Waals surface area contributed by atoms with Gasteiger partial charge in [0.1, 0.15) is 4.88 Å². The van der Waals surface area contributed by atoms with Gasteiger partial charge in [-0.05, 0) is 26.7 Å². The van der Waals surface area contributed by atoms with Crippen molar-refractivity contribution in [1.82, 2.24) is 14.2 Å². The minimum Gasteiger partial charge on any atom is -0.379 e. The summed E-state index contributed by atoms with van der Waals surface area (Å²) in [5.41, 5.74) is 0.723. The van der Waals surface area contributed by atoms with Crippen LogP contribution in [0.15, 0.2) is 0 Å². The predicted molar refractivity (Wildman–Crippen MR) is 91.8 cm³/mol. The topological polar surface area (TPSA) is 79.8 Å². The molecule has 2 fully saturated rings. The summed E-state index contributed by atoms with van der Waals surface area (Å²) < 4.78 is 32.4. The highest BCUT2D eigenvalue weighted by Gasteiger charge is 2.37. The van der Waals surface area contributed by atoms with Crippen LogP contribution in [-0.4, -0.2) is 73.2 Å². The fraction of sp³-hybridized carbons (Fsp3) is 0.733. The molecular weight excluding hydrogens is 350 g/mol. The highest BCUT2D eigenvalue weighted by atomic mass is 32.2. The maximum Gasteiger partial charge on any atom is 0.265 e. The third-order valence-electron chi connectivity index (χ3n) is 4.51. The molecular formula is C15H23N3O4S2. The van der Waals surface area contributed by atoms with E-state index in [1.807, 2.05) is 13.8 Å². The number of piperidine rings is 1. The molecule has 7 nitrogen and oxygen atoms in total. The Bertz CT molecular complexity index is 710. The first kappa shape index (κ1) is 17.8. The number of hydrogen-bond donors (Lipinski definition) is 0. The lowest BCUT2D eigenvalue weighted by molar-refractivity contribution is 0.0687. The molecule has 0 N–H and O–H groups in total. The van der Waals surface area contributed by atoms with Crippen LogP contribution in [0, 0.1) is 13.8 Å². The number of carbonyl (C=O) groups is 1. The van der Waals surface area contributed by atoms with Crippen LogP contribution >= 0.6 is 11.3 Å². The molecule has 2 aliphatic rings. The fourth-order valence-electron chi connectivity index (χ4n) is 3.25. The number of ether oxygens (including phenoxy) is 1. The first-order valence-corrected chi connectivity index (χ1v) is 10.5. The van der Waals surface area contributed by atoms with Gasteiger partial charge < -0.3 is 9.64 Å². The van der Waals surface area contributed by atoms with Crippen molar-refractivity contribution in [2.24, 2.45) is 0 Å². The molecule has 2 saturated heterocycles. The average molecular weight is 374 g/mol. The zero-order valence-corrected chi connectivity index (χ0v) is 15.7. The Balaban J connectivity index is 1.74. The highest BCUT2D eigenvalue weighted by Crippen LogP contribution is 2.25. The first-order valence-electron chi connectivity index (χ1n) is 8.19. The van der Waals surface area contributed by atoms with E-state index in [9.17, 15) is 13.2 Å². The van der Waals surface area contributed by atoms with Gasteiger partial charge in [-0.2, -0.15) is 4.31 Å². The van der Waals surface area contributed by atoms with E-state index in [1.165, 1.54) is 15.6 Å². The summed E-state index contributed by atoms with van der Waals surface area (Å²) in [7, 11) is -3.39. The molecule has 134 valence electrons. The van der Waals surface area contributed by atoms with Crippen LogP contribution < -0.4 is 0 Å². The molecule has 0 unspecified atom stereocenters. The number of carbonyl (C=O) groups excluding carboxylic acids is 1. The molecule has 0 radical (unpaired) electrons. The first-order chi connectivity index (χ1) is 11.4. The van der Waals surface area contributed by atoms with Crippen LogP contribution in [-0.2, 0) is 14.8 Å². The van der Waals surface area contributed by atoms with E-state index in [2.05, 4.69) is 4.98 Å². The van der Waals surface area contributed by atoms with E-state index >= 15 is 0 Å². The summed E-state index contributed by atoms with van der Waals surface area (Å²) in [5.74, 6) is -0.0972. The van der Waals surface area contributed by atoms with E-state index in [-0.39, 0.29) is 12.5 Å². The van der Waals surface area contributed by atoms with Crippen LogP contribution in [0.1, 0.15) is 33.2 Å². The summed E-state index contributed by atoms with van der Waals surface area (Å²) in [6.07, 6.45) is 1.31. The molecule has 0 saturated carbocycles. The number of hydrogen-bond acceptors (Lipinski definition) is 6. The normalized spacial score (nSPS) is 23.4. The van der Waals surface area contributed by atoms with Crippen molar-refractivity contribution < 1.29 is 17.9 Å². The van der Waals surface area contributed by atoms with Crippen molar-refractivity contribution in [3.8, 4) is 0 Å². The van der Waals surface area contributed by atoms with Crippen LogP contribution in [0.5, 0.6) is 0 Å². The van der Waals surface area contributed by atoms with Gasteiger partial charge in [-0.15, -0.1) is 11.3 Å². The van der Waals surface area contributed by atoms with Crippen molar-refractivity contribution in [2.45, 2.75) is 31.9 Å². The van der Waals surface area contributed by atoms with Crippen molar-refractivity contribution in [1.29, 1.82) is 0 Å². The third kappa shape index (κ3) is 3.49. The van der Waals surface area contributed by atoms with Gasteiger partial charge >= 0.3 is 0 Å². The molecule has 1 amide bonds. The molecule has 1 aromatic heterocycles. The van der Waals surface area contributed by atoms with Gasteiger partial charge in [0.15, 0.2) is 0 Å². The lowest BCUT2D eigenvalue weighted by atomic mass is 10.1. The smallest absolute Gasteiger partial charge is 0.265 e. The molecule has 24 heavy (non-hydrogen) atoms. The van der Waals surface area contributed by atoms with Gasteiger partial charge in [-0.1, -0.05) is 0 Å². The van der Waals surface area contributed by atoms with Crippen LogP contribution in [0.3, 0.4) is 0 Å². The molecule has 1 atom stereocenters.